The quantitative estimate of drug-likeness (QED) is 0.943. The highest BCUT2D eigenvalue weighted by molar-refractivity contribution is 6.30. The minimum absolute atomic E-state index is 0.241. The fourth-order valence-electron chi connectivity index (χ4n) is 1.91. The second-order valence-electron chi connectivity index (χ2n) is 5.68. The van der Waals surface area contributed by atoms with Crippen LogP contribution in [0.1, 0.15) is 31.9 Å². The van der Waals surface area contributed by atoms with E-state index in [1.165, 1.54) is 0 Å². The third-order valence-electron chi connectivity index (χ3n) is 2.90. The molecule has 5 nitrogen and oxygen atoms in total. The molecule has 1 aromatic heterocycles. The maximum absolute atomic E-state index is 9.24. The van der Waals surface area contributed by atoms with Gasteiger partial charge in [0.05, 0.1) is 5.54 Å². The smallest absolute Gasteiger partial charge is 0.253 e. The molecule has 0 saturated heterocycles. The number of rotatable bonds is 3. The zero-order valence-corrected chi connectivity index (χ0v) is 13.0. The van der Waals surface area contributed by atoms with Crippen molar-refractivity contribution in [3.63, 3.8) is 0 Å². The molecule has 0 fully saturated rings. The standard InChI is InChI=1S/C15H17ClN4O/c1-15(2,3)20-13(18)12(8-17)14(19-20)21-9-10-5-4-6-11(16)7-10/h4-7H,9,18H2,1-3H3. The number of anilines is 1. The van der Waals surface area contributed by atoms with Crippen molar-refractivity contribution in [1.29, 1.82) is 5.26 Å². The molecule has 0 amide bonds. The summed E-state index contributed by atoms with van der Waals surface area (Å²) in [7, 11) is 0. The second-order valence-corrected chi connectivity index (χ2v) is 6.11. The number of hydrogen-bond acceptors (Lipinski definition) is 4. The first-order chi connectivity index (χ1) is 9.82. The van der Waals surface area contributed by atoms with E-state index in [9.17, 15) is 5.26 Å². The van der Waals surface area contributed by atoms with Crippen molar-refractivity contribution in [2.75, 3.05) is 5.73 Å². The van der Waals surface area contributed by atoms with Gasteiger partial charge in [0.2, 0.25) is 0 Å². The Bertz CT molecular complexity index is 695. The molecule has 0 aliphatic heterocycles. The number of nitrogens with two attached hydrogens (primary N) is 1. The van der Waals surface area contributed by atoms with Gasteiger partial charge in [-0.3, -0.25) is 0 Å². The van der Waals surface area contributed by atoms with Crippen LogP contribution in [0.5, 0.6) is 5.88 Å². The lowest BCUT2D eigenvalue weighted by Crippen LogP contribution is -2.24. The van der Waals surface area contributed by atoms with Crippen LogP contribution in [-0.4, -0.2) is 9.78 Å². The Kier molecular flexibility index (Phi) is 4.10. The van der Waals surface area contributed by atoms with Crippen LogP contribution in [0.2, 0.25) is 5.02 Å². The predicted molar refractivity (Wildman–Crippen MR) is 82.1 cm³/mol. The molecule has 6 heteroatoms. The number of nitrogens with zero attached hydrogens (tertiary/aromatic N) is 3. The SMILES string of the molecule is CC(C)(C)n1nc(OCc2cccc(Cl)c2)c(C#N)c1N. The number of ether oxygens (including phenoxy) is 1. The average molecular weight is 305 g/mol. The van der Waals surface area contributed by atoms with Crippen LogP contribution in [-0.2, 0) is 12.1 Å². The Hall–Kier alpha value is -2.19. The summed E-state index contributed by atoms with van der Waals surface area (Å²) < 4.78 is 7.23. The van der Waals surface area contributed by atoms with E-state index in [2.05, 4.69) is 5.10 Å². The summed E-state index contributed by atoms with van der Waals surface area (Å²) in [5.74, 6) is 0.552. The zero-order chi connectivity index (χ0) is 15.6. The molecule has 0 aliphatic carbocycles. The molecule has 0 unspecified atom stereocenters. The van der Waals surface area contributed by atoms with Crippen LogP contribution in [0.25, 0.3) is 0 Å². The molecule has 2 rings (SSSR count). The summed E-state index contributed by atoms with van der Waals surface area (Å²) >= 11 is 5.93. The fourth-order valence-corrected chi connectivity index (χ4v) is 2.12. The third-order valence-corrected chi connectivity index (χ3v) is 3.14. The van der Waals surface area contributed by atoms with Gasteiger partial charge in [-0.25, -0.2) is 4.68 Å². The zero-order valence-electron chi connectivity index (χ0n) is 12.2. The number of hydrogen-bond donors (Lipinski definition) is 1. The summed E-state index contributed by atoms with van der Waals surface area (Å²) in [6, 6.07) is 9.37. The molecule has 0 aliphatic rings. The van der Waals surface area contributed by atoms with Crippen LogP contribution in [0, 0.1) is 11.3 Å². The lowest BCUT2D eigenvalue weighted by molar-refractivity contribution is 0.276. The molecule has 2 N–H and O–H groups in total. The predicted octanol–water partition coefficient (Wildman–Crippen LogP) is 3.32. The van der Waals surface area contributed by atoms with Crippen molar-refractivity contribution >= 4 is 17.4 Å². The summed E-state index contributed by atoms with van der Waals surface area (Å²) in [5.41, 5.74) is 6.80. The average Bonchev–Trinajstić information content (AvgIpc) is 2.72. The van der Waals surface area contributed by atoms with Gasteiger partial charge in [-0.15, -0.1) is 5.10 Å². The highest BCUT2D eigenvalue weighted by Gasteiger charge is 2.24. The van der Waals surface area contributed by atoms with Crippen LogP contribution in [0.4, 0.5) is 5.82 Å². The van der Waals surface area contributed by atoms with E-state index in [0.29, 0.717) is 10.8 Å². The summed E-state index contributed by atoms with van der Waals surface area (Å²) in [4.78, 5) is 0. The third kappa shape index (κ3) is 3.29. The maximum atomic E-state index is 9.24. The van der Waals surface area contributed by atoms with Crippen molar-refractivity contribution in [3.8, 4) is 11.9 Å². The van der Waals surface area contributed by atoms with Gasteiger partial charge in [-0.2, -0.15) is 5.26 Å². The lowest BCUT2D eigenvalue weighted by atomic mass is 10.1. The summed E-state index contributed by atoms with van der Waals surface area (Å²) in [5, 5.41) is 14.2. The normalized spacial score (nSPS) is 11.2. The van der Waals surface area contributed by atoms with E-state index in [1.807, 2.05) is 39.0 Å². The van der Waals surface area contributed by atoms with Crippen molar-refractivity contribution < 1.29 is 4.74 Å². The molecular formula is C15H17ClN4O. The molecule has 0 saturated carbocycles. The van der Waals surface area contributed by atoms with E-state index in [0.717, 1.165) is 5.56 Å². The van der Waals surface area contributed by atoms with Gasteiger partial charge in [0.1, 0.15) is 18.5 Å². The van der Waals surface area contributed by atoms with Gasteiger partial charge in [-0.1, -0.05) is 23.7 Å². The highest BCUT2D eigenvalue weighted by atomic mass is 35.5. The van der Waals surface area contributed by atoms with Crippen molar-refractivity contribution in [2.45, 2.75) is 32.9 Å². The molecule has 110 valence electrons. The first kappa shape index (κ1) is 15.2. The Balaban J connectivity index is 2.27. The van der Waals surface area contributed by atoms with Gasteiger partial charge >= 0.3 is 0 Å². The summed E-state index contributed by atoms with van der Waals surface area (Å²) in [6.07, 6.45) is 0. The molecule has 0 radical (unpaired) electrons. The number of aromatic nitrogens is 2. The minimum atomic E-state index is -0.326. The monoisotopic (exact) mass is 304 g/mol. The molecule has 1 aromatic carbocycles. The van der Waals surface area contributed by atoms with E-state index < -0.39 is 0 Å². The molecule has 0 spiro atoms. The Morgan fingerprint density at radius 2 is 2.14 bits per heavy atom. The molecule has 1 heterocycles. The Morgan fingerprint density at radius 3 is 2.71 bits per heavy atom. The van der Waals surface area contributed by atoms with Gasteiger partial charge in [0.25, 0.3) is 5.88 Å². The number of nitrogen functional groups attached to an aromatic ring is 1. The number of benzene rings is 1. The first-order valence-electron chi connectivity index (χ1n) is 6.49. The Labute approximate surface area is 128 Å². The fraction of sp³-hybridized carbons (Fsp3) is 0.333. The number of nitriles is 1. The largest absolute Gasteiger partial charge is 0.471 e. The van der Waals surface area contributed by atoms with Crippen LogP contribution >= 0.6 is 11.6 Å². The molecule has 0 atom stereocenters. The van der Waals surface area contributed by atoms with Crippen LogP contribution < -0.4 is 10.5 Å². The van der Waals surface area contributed by atoms with E-state index in [4.69, 9.17) is 22.1 Å². The topological polar surface area (TPSA) is 76.9 Å². The van der Waals surface area contributed by atoms with Gasteiger partial charge in [0, 0.05) is 5.02 Å². The van der Waals surface area contributed by atoms with E-state index in [1.54, 1.807) is 16.8 Å². The van der Waals surface area contributed by atoms with Crippen molar-refractivity contribution in [3.05, 3.63) is 40.4 Å². The van der Waals surface area contributed by atoms with Crippen molar-refractivity contribution in [2.24, 2.45) is 0 Å². The second kappa shape index (κ2) is 5.66. The maximum Gasteiger partial charge on any atom is 0.253 e. The Morgan fingerprint density at radius 1 is 1.43 bits per heavy atom. The van der Waals surface area contributed by atoms with Gasteiger partial charge in [0.15, 0.2) is 5.56 Å². The van der Waals surface area contributed by atoms with E-state index >= 15 is 0 Å². The molecule has 21 heavy (non-hydrogen) atoms. The highest BCUT2D eigenvalue weighted by Crippen LogP contribution is 2.28. The molecular weight excluding hydrogens is 288 g/mol. The molecule has 2 aromatic rings. The molecule has 0 bridgehead atoms. The number of halogens is 1. The first-order valence-corrected chi connectivity index (χ1v) is 6.87. The lowest BCUT2D eigenvalue weighted by Gasteiger charge is -2.20. The van der Waals surface area contributed by atoms with Crippen LogP contribution in [0.3, 0.4) is 0 Å². The van der Waals surface area contributed by atoms with Gasteiger partial charge in [-0.05, 0) is 38.5 Å². The summed E-state index contributed by atoms with van der Waals surface area (Å²) in [6.45, 7) is 6.14. The van der Waals surface area contributed by atoms with Gasteiger partial charge < -0.3 is 10.5 Å². The van der Waals surface area contributed by atoms with Crippen LogP contribution in [0.15, 0.2) is 24.3 Å². The van der Waals surface area contributed by atoms with Crippen molar-refractivity contribution in [1.82, 2.24) is 9.78 Å². The minimum Gasteiger partial charge on any atom is -0.471 e. The van der Waals surface area contributed by atoms with E-state index in [-0.39, 0.29) is 23.6 Å².